The van der Waals surface area contributed by atoms with Gasteiger partial charge in [0.2, 0.25) is 0 Å². The summed E-state index contributed by atoms with van der Waals surface area (Å²) in [6.07, 6.45) is 9.77. The monoisotopic (exact) mass is 254 g/mol. The lowest BCUT2D eigenvalue weighted by Crippen LogP contribution is -2.47. The van der Waals surface area contributed by atoms with Crippen molar-refractivity contribution in [2.75, 3.05) is 26.7 Å². The highest BCUT2D eigenvalue weighted by molar-refractivity contribution is 4.81. The predicted octanol–water partition coefficient (Wildman–Crippen LogP) is 2.41. The second-order valence-electron chi connectivity index (χ2n) is 6.15. The largest absolute Gasteiger partial charge is 0.381 e. The van der Waals surface area contributed by atoms with Gasteiger partial charge in [0.1, 0.15) is 0 Å². The second-order valence-corrected chi connectivity index (χ2v) is 6.15. The van der Waals surface area contributed by atoms with Gasteiger partial charge in [-0.2, -0.15) is 0 Å². The fourth-order valence-electron chi connectivity index (χ4n) is 3.49. The Balaban J connectivity index is 1.67. The Bertz CT molecular complexity index is 229. The number of nitrogens with one attached hydrogen (secondary N) is 1. The zero-order valence-electron chi connectivity index (χ0n) is 12.2. The normalized spacial score (nSPS) is 32.3. The van der Waals surface area contributed by atoms with E-state index in [4.69, 9.17) is 4.74 Å². The van der Waals surface area contributed by atoms with Gasteiger partial charge in [-0.3, -0.25) is 0 Å². The molecule has 2 rings (SSSR count). The zero-order chi connectivity index (χ0) is 12.8. The van der Waals surface area contributed by atoms with E-state index < -0.39 is 0 Å². The Kier molecular flexibility index (Phi) is 5.93. The molecule has 1 heterocycles. The van der Waals surface area contributed by atoms with Crippen molar-refractivity contribution in [1.29, 1.82) is 0 Å². The average Bonchev–Trinajstić information content (AvgIpc) is 2.40. The van der Waals surface area contributed by atoms with Crippen molar-refractivity contribution in [3.63, 3.8) is 0 Å². The molecule has 1 aliphatic heterocycles. The molecule has 3 heteroatoms. The Morgan fingerprint density at radius 2 is 1.94 bits per heavy atom. The highest BCUT2D eigenvalue weighted by Crippen LogP contribution is 2.21. The van der Waals surface area contributed by atoms with E-state index in [9.17, 15) is 0 Å². The first-order chi connectivity index (χ1) is 8.78. The molecule has 0 aromatic carbocycles. The number of likely N-dealkylation sites (tertiary alicyclic amines) is 1. The van der Waals surface area contributed by atoms with Crippen LogP contribution >= 0.6 is 0 Å². The van der Waals surface area contributed by atoms with Gasteiger partial charge in [0.25, 0.3) is 0 Å². The average molecular weight is 254 g/mol. The van der Waals surface area contributed by atoms with Crippen molar-refractivity contribution in [2.24, 2.45) is 0 Å². The molecule has 0 aromatic heterocycles. The summed E-state index contributed by atoms with van der Waals surface area (Å²) in [6.45, 7) is 6.16. The van der Waals surface area contributed by atoms with Crippen LogP contribution in [0.3, 0.4) is 0 Å². The van der Waals surface area contributed by atoms with Gasteiger partial charge in [-0.1, -0.05) is 6.42 Å². The van der Waals surface area contributed by atoms with E-state index in [2.05, 4.69) is 17.1 Å². The topological polar surface area (TPSA) is 24.5 Å². The number of methoxy groups -OCH3 is 1. The molecule has 1 saturated carbocycles. The summed E-state index contributed by atoms with van der Waals surface area (Å²) in [6, 6.07) is 1.28. The summed E-state index contributed by atoms with van der Waals surface area (Å²) in [5.74, 6) is 0. The molecular formula is C15H30N2O. The summed E-state index contributed by atoms with van der Waals surface area (Å²) in [4.78, 5) is 2.62. The van der Waals surface area contributed by atoms with E-state index in [1.807, 2.05) is 7.11 Å². The number of nitrogens with zero attached hydrogens (tertiary/aromatic N) is 1. The maximum atomic E-state index is 5.50. The van der Waals surface area contributed by atoms with E-state index in [1.165, 1.54) is 64.6 Å². The molecule has 0 aromatic rings. The van der Waals surface area contributed by atoms with Crippen molar-refractivity contribution in [1.82, 2.24) is 10.2 Å². The smallest absolute Gasteiger partial charge is 0.0586 e. The highest BCUT2D eigenvalue weighted by Gasteiger charge is 2.23. The van der Waals surface area contributed by atoms with Gasteiger partial charge in [0.15, 0.2) is 0 Å². The van der Waals surface area contributed by atoms with Crippen LogP contribution in [0.1, 0.15) is 51.9 Å². The molecule has 106 valence electrons. The van der Waals surface area contributed by atoms with Gasteiger partial charge >= 0.3 is 0 Å². The molecule has 1 N–H and O–H groups in total. The third-order valence-electron chi connectivity index (χ3n) is 4.46. The fourth-order valence-corrected chi connectivity index (χ4v) is 3.49. The van der Waals surface area contributed by atoms with Crippen LogP contribution in [-0.4, -0.2) is 49.8 Å². The molecule has 1 saturated heterocycles. The van der Waals surface area contributed by atoms with Crippen molar-refractivity contribution in [3.05, 3.63) is 0 Å². The quantitative estimate of drug-likeness (QED) is 0.815. The lowest BCUT2D eigenvalue weighted by molar-refractivity contribution is 0.0560. The third kappa shape index (κ3) is 4.52. The van der Waals surface area contributed by atoms with Crippen LogP contribution in [0.15, 0.2) is 0 Å². The van der Waals surface area contributed by atoms with Crippen molar-refractivity contribution in [3.8, 4) is 0 Å². The molecule has 0 spiro atoms. The summed E-state index contributed by atoms with van der Waals surface area (Å²) in [5.41, 5.74) is 0. The molecule has 0 bridgehead atoms. The Hall–Kier alpha value is -0.120. The van der Waals surface area contributed by atoms with Gasteiger partial charge in [-0.05, 0) is 58.5 Å². The van der Waals surface area contributed by atoms with Crippen LogP contribution in [0, 0.1) is 0 Å². The molecule has 2 fully saturated rings. The predicted molar refractivity (Wildman–Crippen MR) is 75.9 cm³/mol. The van der Waals surface area contributed by atoms with Crippen molar-refractivity contribution in [2.45, 2.75) is 70.1 Å². The number of hydrogen-bond donors (Lipinski definition) is 1. The number of hydrogen-bond acceptors (Lipinski definition) is 3. The Morgan fingerprint density at radius 3 is 2.67 bits per heavy atom. The SMILES string of the molecule is COC1CCCC(NC(C)CN2CCCCC2)C1. The molecule has 0 radical (unpaired) electrons. The first-order valence-corrected chi connectivity index (χ1v) is 7.79. The molecule has 2 aliphatic rings. The first-order valence-electron chi connectivity index (χ1n) is 7.79. The van der Waals surface area contributed by atoms with Crippen molar-refractivity contribution < 1.29 is 4.74 Å². The van der Waals surface area contributed by atoms with Gasteiger partial charge in [-0.25, -0.2) is 0 Å². The van der Waals surface area contributed by atoms with Gasteiger partial charge in [0.05, 0.1) is 6.10 Å². The van der Waals surface area contributed by atoms with Crippen LogP contribution in [0.25, 0.3) is 0 Å². The first kappa shape index (κ1) is 14.3. The van der Waals surface area contributed by atoms with E-state index in [0.29, 0.717) is 18.2 Å². The molecule has 3 nitrogen and oxygen atoms in total. The summed E-state index contributed by atoms with van der Waals surface area (Å²) in [5, 5.41) is 3.81. The van der Waals surface area contributed by atoms with Gasteiger partial charge in [0, 0.05) is 25.7 Å². The molecule has 18 heavy (non-hydrogen) atoms. The van der Waals surface area contributed by atoms with Crippen LogP contribution in [0.2, 0.25) is 0 Å². The zero-order valence-corrected chi connectivity index (χ0v) is 12.2. The van der Waals surface area contributed by atoms with Gasteiger partial charge < -0.3 is 15.0 Å². The molecule has 3 unspecified atom stereocenters. The Morgan fingerprint density at radius 1 is 1.17 bits per heavy atom. The lowest BCUT2D eigenvalue weighted by atomic mass is 9.92. The lowest BCUT2D eigenvalue weighted by Gasteiger charge is -2.34. The van der Waals surface area contributed by atoms with Crippen LogP contribution in [0.5, 0.6) is 0 Å². The fraction of sp³-hybridized carbons (Fsp3) is 1.00. The van der Waals surface area contributed by atoms with E-state index in [0.717, 1.165) is 0 Å². The standard InChI is InChI=1S/C15H30N2O/c1-13(12-17-9-4-3-5-10-17)16-14-7-6-8-15(11-14)18-2/h13-16H,3-12H2,1-2H3. The van der Waals surface area contributed by atoms with Crippen LogP contribution in [0.4, 0.5) is 0 Å². The highest BCUT2D eigenvalue weighted by atomic mass is 16.5. The van der Waals surface area contributed by atoms with E-state index >= 15 is 0 Å². The number of rotatable bonds is 5. The maximum absolute atomic E-state index is 5.50. The summed E-state index contributed by atoms with van der Waals surface area (Å²) >= 11 is 0. The van der Waals surface area contributed by atoms with Crippen LogP contribution in [-0.2, 0) is 4.74 Å². The number of piperidine rings is 1. The van der Waals surface area contributed by atoms with Gasteiger partial charge in [-0.15, -0.1) is 0 Å². The second kappa shape index (κ2) is 7.46. The third-order valence-corrected chi connectivity index (χ3v) is 4.46. The van der Waals surface area contributed by atoms with E-state index in [-0.39, 0.29) is 0 Å². The minimum absolute atomic E-state index is 0.485. The molecular weight excluding hydrogens is 224 g/mol. The molecule has 1 aliphatic carbocycles. The molecule has 3 atom stereocenters. The summed E-state index contributed by atoms with van der Waals surface area (Å²) in [7, 11) is 1.85. The molecule has 0 amide bonds. The minimum Gasteiger partial charge on any atom is -0.381 e. The van der Waals surface area contributed by atoms with E-state index in [1.54, 1.807) is 0 Å². The van der Waals surface area contributed by atoms with Crippen molar-refractivity contribution >= 4 is 0 Å². The maximum Gasteiger partial charge on any atom is 0.0586 e. The minimum atomic E-state index is 0.485. The van der Waals surface area contributed by atoms with Crippen LogP contribution < -0.4 is 5.32 Å². The number of ether oxygens (including phenoxy) is 1. The Labute approximate surface area is 112 Å². The summed E-state index contributed by atoms with van der Waals surface area (Å²) < 4.78 is 5.50.